The molecule has 30 heavy (non-hydrogen) atoms. The second kappa shape index (κ2) is 8.18. The molecule has 2 fully saturated rings. The Hall–Kier alpha value is -2.14. The van der Waals surface area contributed by atoms with Gasteiger partial charge in [-0.15, -0.1) is 0 Å². The highest BCUT2D eigenvalue weighted by Gasteiger charge is 2.50. The number of halogens is 3. The molecule has 0 saturated heterocycles. The first-order chi connectivity index (χ1) is 13.9. The van der Waals surface area contributed by atoms with Crippen LogP contribution in [0, 0.1) is 17.8 Å². The molecule has 11 heteroatoms. The smallest absolute Gasteiger partial charge is 0.374 e. The van der Waals surface area contributed by atoms with E-state index in [2.05, 4.69) is 4.98 Å². The van der Waals surface area contributed by atoms with Crippen molar-refractivity contribution in [1.82, 2.24) is 4.98 Å². The zero-order valence-corrected chi connectivity index (χ0v) is 16.9. The van der Waals surface area contributed by atoms with E-state index in [1.54, 1.807) is 0 Å². The summed E-state index contributed by atoms with van der Waals surface area (Å²) in [6, 6.07) is 1.50. The van der Waals surface area contributed by atoms with Gasteiger partial charge in [-0.1, -0.05) is 0 Å². The van der Waals surface area contributed by atoms with Gasteiger partial charge in [-0.2, -0.15) is 13.2 Å². The average Bonchev–Trinajstić information content (AvgIpc) is 3.09. The van der Waals surface area contributed by atoms with E-state index in [-0.39, 0.29) is 23.6 Å². The molecule has 2 aliphatic rings. The third-order valence-corrected chi connectivity index (χ3v) is 6.34. The van der Waals surface area contributed by atoms with Crippen molar-refractivity contribution in [1.29, 1.82) is 0 Å². The zero-order valence-electron chi connectivity index (χ0n) is 16.1. The molecule has 0 amide bonds. The maximum atomic E-state index is 13.1. The minimum absolute atomic E-state index is 0.296. The van der Waals surface area contributed by atoms with Gasteiger partial charge in [0.05, 0.1) is 24.7 Å². The van der Waals surface area contributed by atoms with Crippen molar-refractivity contribution in [2.75, 3.05) is 18.6 Å². The lowest BCUT2D eigenvalue weighted by Gasteiger charge is -2.25. The van der Waals surface area contributed by atoms with Gasteiger partial charge in [0.15, 0.2) is 17.3 Å². The van der Waals surface area contributed by atoms with Crippen LogP contribution in [0.1, 0.15) is 41.0 Å². The number of fused-ring (bicyclic) bond motifs is 2. The van der Waals surface area contributed by atoms with Crippen molar-refractivity contribution >= 4 is 27.2 Å². The molecule has 2 aliphatic carbocycles. The lowest BCUT2D eigenvalue weighted by Crippen LogP contribution is -2.42. The number of aromatic nitrogens is 1. The number of ether oxygens (including phenoxy) is 1. The van der Waals surface area contributed by atoms with Crippen LogP contribution in [0.3, 0.4) is 0 Å². The van der Waals surface area contributed by atoms with Gasteiger partial charge in [0.2, 0.25) is 0 Å². The molecule has 2 unspecified atom stereocenters. The number of nitrogens with zero attached hydrogens (tertiary/aromatic N) is 1. The standard InChI is InChI=1S/C19H20F3NO6S/c1-30(27,28)7-6-29-9-13-12(4-5-14(23-13)19(20,21)22)18(26)15-16(24)10-2-3-11(8-10)17(15)25/h4-5,10-11,15H,2-3,6-9H2,1H3. The summed E-state index contributed by atoms with van der Waals surface area (Å²) in [6.07, 6.45) is -2.35. The van der Waals surface area contributed by atoms with Gasteiger partial charge in [0.25, 0.3) is 0 Å². The summed E-state index contributed by atoms with van der Waals surface area (Å²) in [4.78, 5) is 41.6. The number of pyridine rings is 1. The molecule has 0 radical (unpaired) electrons. The molecule has 2 atom stereocenters. The molecule has 164 valence electrons. The number of carbonyl (C=O) groups excluding carboxylic acids is 3. The number of alkyl halides is 3. The maximum Gasteiger partial charge on any atom is 0.433 e. The Kier molecular flexibility index (Phi) is 6.15. The molecular formula is C19H20F3NO6S. The van der Waals surface area contributed by atoms with E-state index in [1.807, 2.05) is 0 Å². The SMILES string of the molecule is CS(=O)(=O)CCOCc1nc(C(F)(F)F)ccc1C(=O)C1C(=O)C2CCC(C2)C1=O. The van der Waals surface area contributed by atoms with Crippen LogP contribution >= 0.6 is 0 Å². The number of ketones is 3. The van der Waals surface area contributed by atoms with Gasteiger partial charge >= 0.3 is 6.18 Å². The summed E-state index contributed by atoms with van der Waals surface area (Å²) in [6.45, 7) is -0.877. The van der Waals surface area contributed by atoms with Crippen LogP contribution in [0.2, 0.25) is 0 Å². The molecule has 1 aromatic rings. The molecule has 2 bridgehead atoms. The minimum atomic E-state index is -4.78. The number of sulfone groups is 1. The largest absolute Gasteiger partial charge is 0.433 e. The van der Waals surface area contributed by atoms with Crippen molar-refractivity contribution in [2.24, 2.45) is 17.8 Å². The zero-order chi connectivity index (χ0) is 22.3. The fourth-order valence-corrected chi connectivity index (χ4v) is 4.32. The number of hydrogen-bond acceptors (Lipinski definition) is 7. The first-order valence-corrected chi connectivity index (χ1v) is 11.4. The van der Waals surface area contributed by atoms with Crippen molar-refractivity contribution in [3.63, 3.8) is 0 Å². The average molecular weight is 447 g/mol. The fourth-order valence-electron chi connectivity index (χ4n) is 3.90. The van der Waals surface area contributed by atoms with E-state index in [4.69, 9.17) is 4.74 Å². The minimum Gasteiger partial charge on any atom is -0.374 e. The number of carbonyl (C=O) groups is 3. The monoisotopic (exact) mass is 447 g/mol. The Labute approximate surface area is 170 Å². The predicted octanol–water partition coefficient (Wildman–Crippen LogP) is 2.03. The third-order valence-electron chi connectivity index (χ3n) is 5.44. The third kappa shape index (κ3) is 4.77. The molecule has 3 rings (SSSR count). The molecule has 0 N–H and O–H groups in total. The van der Waals surface area contributed by atoms with E-state index in [1.165, 1.54) is 0 Å². The van der Waals surface area contributed by atoms with Crippen molar-refractivity contribution in [3.05, 3.63) is 29.1 Å². The molecule has 0 aliphatic heterocycles. The van der Waals surface area contributed by atoms with E-state index in [9.17, 15) is 36.0 Å². The van der Waals surface area contributed by atoms with E-state index < -0.39 is 63.4 Å². The highest BCUT2D eigenvalue weighted by atomic mass is 32.2. The van der Waals surface area contributed by atoms with Gasteiger partial charge < -0.3 is 4.74 Å². The van der Waals surface area contributed by atoms with Crippen LogP contribution in [0.25, 0.3) is 0 Å². The van der Waals surface area contributed by atoms with E-state index >= 15 is 0 Å². The molecule has 2 saturated carbocycles. The first-order valence-electron chi connectivity index (χ1n) is 9.32. The molecule has 7 nitrogen and oxygen atoms in total. The van der Waals surface area contributed by atoms with Crippen LogP contribution < -0.4 is 0 Å². The van der Waals surface area contributed by atoms with Crippen LogP contribution in [0.5, 0.6) is 0 Å². The fraction of sp³-hybridized carbons (Fsp3) is 0.579. The van der Waals surface area contributed by atoms with E-state index in [0.29, 0.717) is 25.3 Å². The van der Waals surface area contributed by atoms with Crippen molar-refractivity contribution in [3.8, 4) is 0 Å². The number of Topliss-reactive ketones (excluding diaryl/α,β-unsaturated/α-hetero) is 3. The van der Waals surface area contributed by atoms with Crippen molar-refractivity contribution in [2.45, 2.75) is 32.0 Å². The summed E-state index contributed by atoms with van der Waals surface area (Å²) < 4.78 is 66.6. The molecule has 1 aromatic heterocycles. The summed E-state index contributed by atoms with van der Waals surface area (Å²) >= 11 is 0. The summed E-state index contributed by atoms with van der Waals surface area (Å²) in [7, 11) is -3.36. The molecular weight excluding hydrogens is 427 g/mol. The van der Waals surface area contributed by atoms with Crippen LogP contribution in [0.15, 0.2) is 12.1 Å². The number of hydrogen-bond donors (Lipinski definition) is 0. The maximum absolute atomic E-state index is 13.1. The topological polar surface area (TPSA) is 107 Å². The Morgan fingerprint density at radius 1 is 1.17 bits per heavy atom. The van der Waals surface area contributed by atoms with Gasteiger partial charge in [0, 0.05) is 23.7 Å². The van der Waals surface area contributed by atoms with Crippen LogP contribution in [-0.2, 0) is 36.9 Å². The quantitative estimate of drug-likeness (QED) is 0.358. The van der Waals surface area contributed by atoms with Crippen LogP contribution in [0.4, 0.5) is 13.2 Å². The number of rotatable bonds is 7. The Morgan fingerprint density at radius 3 is 2.30 bits per heavy atom. The molecule has 1 heterocycles. The lowest BCUT2D eigenvalue weighted by molar-refractivity contribution is -0.141. The Balaban J connectivity index is 1.89. The van der Waals surface area contributed by atoms with Gasteiger partial charge in [-0.3, -0.25) is 14.4 Å². The normalized spacial score (nSPS) is 24.3. The second-order valence-corrected chi connectivity index (χ2v) is 9.94. The second-order valence-electron chi connectivity index (χ2n) is 7.68. The van der Waals surface area contributed by atoms with Gasteiger partial charge in [-0.05, 0) is 31.4 Å². The molecule has 0 spiro atoms. The Morgan fingerprint density at radius 2 is 1.77 bits per heavy atom. The lowest BCUT2D eigenvalue weighted by atomic mass is 9.75. The highest BCUT2D eigenvalue weighted by molar-refractivity contribution is 7.90. The van der Waals surface area contributed by atoms with Gasteiger partial charge in [0.1, 0.15) is 21.4 Å². The predicted molar refractivity (Wildman–Crippen MR) is 97.3 cm³/mol. The highest BCUT2D eigenvalue weighted by Crippen LogP contribution is 2.41. The molecule has 0 aromatic carbocycles. The first kappa shape index (κ1) is 22.5. The van der Waals surface area contributed by atoms with E-state index in [0.717, 1.165) is 12.3 Å². The summed E-state index contributed by atoms with van der Waals surface area (Å²) in [5, 5.41) is 0. The summed E-state index contributed by atoms with van der Waals surface area (Å²) in [5.41, 5.74) is -1.95. The Bertz CT molecular complexity index is 966. The van der Waals surface area contributed by atoms with Gasteiger partial charge in [-0.25, -0.2) is 13.4 Å². The summed E-state index contributed by atoms with van der Waals surface area (Å²) in [5.74, 6) is -4.56. The van der Waals surface area contributed by atoms with Crippen LogP contribution in [-0.4, -0.2) is 49.4 Å². The van der Waals surface area contributed by atoms with Crippen molar-refractivity contribution < 1.29 is 40.7 Å².